The number of hydrogen-bond donors (Lipinski definition) is 0. The first-order chi connectivity index (χ1) is 11.1. The van der Waals surface area contributed by atoms with Crippen LogP contribution in [-0.2, 0) is 9.53 Å². The average Bonchev–Trinajstić information content (AvgIpc) is 2.60. The smallest absolute Gasteiger partial charge is 0.308 e. The summed E-state index contributed by atoms with van der Waals surface area (Å²) in [6, 6.07) is 10.5. The van der Waals surface area contributed by atoms with E-state index >= 15 is 0 Å². The monoisotopic (exact) mass is 318 g/mol. The van der Waals surface area contributed by atoms with Crippen LogP contribution in [0.4, 0.5) is 0 Å². The van der Waals surface area contributed by atoms with Crippen LogP contribution in [0.5, 0.6) is 0 Å². The molecule has 0 spiro atoms. The summed E-state index contributed by atoms with van der Waals surface area (Å²) in [5.41, 5.74) is 1.32. The molecule has 3 unspecified atom stereocenters. The van der Waals surface area contributed by atoms with Gasteiger partial charge in [-0.3, -0.25) is 4.79 Å². The highest BCUT2D eigenvalue weighted by Gasteiger charge is 2.21. The normalized spacial score (nSPS) is 15.0. The highest BCUT2D eigenvalue weighted by molar-refractivity contribution is 5.72. The molecule has 0 aromatic heterocycles. The van der Waals surface area contributed by atoms with E-state index in [1.165, 1.54) is 18.4 Å². The molecule has 0 amide bonds. The molecule has 1 aromatic carbocycles. The molecule has 1 aromatic rings. The summed E-state index contributed by atoms with van der Waals surface area (Å²) in [7, 11) is 0. The Bertz CT molecular complexity index is 427. The fourth-order valence-electron chi connectivity index (χ4n) is 3.03. The third-order valence-electron chi connectivity index (χ3n) is 4.81. The van der Waals surface area contributed by atoms with E-state index in [1.54, 1.807) is 0 Å². The maximum atomic E-state index is 12.3. The second kappa shape index (κ2) is 11.3. The van der Waals surface area contributed by atoms with E-state index in [2.05, 4.69) is 45.0 Å². The molecule has 23 heavy (non-hydrogen) atoms. The summed E-state index contributed by atoms with van der Waals surface area (Å²) < 4.78 is 5.60. The second-order valence-electron chi connectivity index (χ2n) is 6.70. The minimum absolute atomic E-state index is 0.0330. The Balaban J connectivity index is 2.46. The Morgan fingerprint density at radius 3 is 2.35 bits per heavy atom. The van der Waals surface area contributed by atoms with Crippen molar-refractivity contribution in [1.82, 2.24) is 0 Å². The summed E-state index contributed by atoms with van der Waals surface area (Å²) in [5, 5.41) is 0. The van der Waals surface area contributed by atoms with Crippen LogP contribution in [0, 0.1) is 11.8 Å². The van der Waals surface area contributed by atoms with Crippen LogP contribution in [0.3, 0.4) is 0 Å². The van der Waals surface area contributed by atoms with Gasteiger partial charge in [-0.2, -0.15) is 0 Å². The van der Waals surface area contributed by atoms with Crippen LogP contribution in [0.15, 0.2) is 30.3 Å². The molecule has 0 N–H and O–H groups in total. The molecule has 0 bridgehead atoms. The lowest BCUT2D eigenvalue weighted by Gasteiger charge is -2.21. The van der Waals surface area contributed by atoms with E-state index in [0.717, 1.165) is 25.7 Å². The molecule has 2 heteroatoms. The molecular formula is C21H34O2. The predicted octanol–water partition coefficient (Wildman–Crippen LogP) is 5.97. The minimum Gasteiger partial charge on any atom is -0.465 e. The van der Waals surface area contributed by atoms with Crippen molar-refractivity contribution in [2.45, 2.75) is 72.1 Å². The van der Waals surface area contributed by atoms with Crippen molar-refractivity contribution in [3.05, 3.63) is 35.9 Å². The Morgan fingerprint density at radius 2 is 1.78 bits per heavy atom. The maximum Gasteiger partial charge on any atom is 0.308 e. The molecule has 130 valence electrons. The highest BCUT2D eigenvalue weighted by atomic mass is 16.5. The summed E-state index contributed by atoms with van der Waals surface area (Å²) in [4.78, 5) is 12.3. The van der Waals surface area contributed by atoms with Gasteiger partial charge in [-0.15, -0.1) is 0 Å². The predicted molar refractivity (Wildman–Crippen MR) is 97.5 cm³/mol. The zero-order chi connectivity index (χ0) is 17.1. The lowest BCUT2D eigenvalue weighted by molar-refractivity contribution is -0.149. The van der Waals surface area contributed by atoms with Gasteiger partial charge in [0.25, 0.3) is 0 Å². The first kappa shape index (κ1) is 19.7. The Hall–Kier alpha value is -1.31. The molecule has 3 atom stereocenters. The van der Waals surface area contributed by atoms with Crippen molar-refractivity contribution in [2.75, 3.05) is 6.61 Å². The lowest BCUT2D eigenvalue weighted by Crippen LogP contribution is -2.21. The Kier molecular flexibility index (Phi) is 9.66. The topological polar surface area (TPSA) is 26.3 Å². The lowest BCUT2D eigenvalue weighted by atomic mass is 9.88. The maximum absolute atomic E-state index is 12.3. The molecule has 0 radical (unpaired) electrons. The van der Waals surface area contributed by atoms with E-state index in [0.29, 0.717) is 18.4 Å². The summed E-state index contributed by atoms with van der Waals surface area (Å²) >= 11 is 0. The van der Waals surface area contributed by atoms with Crippen LogP contribution in [0.25, 0.3) is 0 Å². The quantitative estimate of drug-likeness (QED) is 0.470. The van der Waals surface area contributed by atoms with E-state index < -0.39 is 0 Å². The van der Waals surface area contributed by atoms with E-state index in [1.807, 2.05) is 13.0 Å². The Labute approximate surface area is 142 Å². The number of unbranched alkanes of at least 4 members (excludes halogenated alkanes) is 1. The van der Waals surface area contributed by atoms with Crippen molar-refractivity contribution in [1.29, 1.82) is 0 Å². The molecule has 0 fully saturated rings. The van der Waals surface area contributed by atoms with Gasteiger partial charge in [0.1, 0.15) is 0 Å². The van der Waals surface area contributed by atoms with Gasteiger partial charge in [-0.25, -0.2) is 0 Å². The highest BCUT2D eigenvalue weighted by Crippen LogP contribution is 2.27. The van der Waals surface area contributed by atoms with Gasteiger partial charge in [0.2, 0.25) is 0 Å². The summed E-state index contributed by atoms with van der Waals surface area (Å²) in [5.74, 6) is 0.876. The standard InChI is InChI=1S/C21H34O2/c1-5-8-12-18(6-2)16-23-21(22)17(4)15-19(7-3)20-13-10-9-11-14-20/h9-11,13-14,17-19H,5-8,12,15-16H2,1-4H3. The number of ether oxygens (including phenoxy) is 1. The van der Waals surface area contributed by atoms with Gasteiger partial charge in [0, 0.05) is 0 Å². The van der Waals surface area contributed by atoms with Crippen LogP contribution < -0.4 is 0 Å². The second-order valence-corrected chi connectivity index (χ2v) is 6.70. The van der Waals surface area contributed by atoms with Crippen LogP contribution in [-0.4, -0.2) is 12.6 Å². The minimum atomic E-state index is -0.0381. The number of hydrogen-bond acceptors (Lipinski definition) is 2. The molecule has 0 aliphatic carbocycles. The molecule has 1 rings (SSSR count). The van der Waals surface area contributed by atoms with Gasteiger partial charge < -0.3 is 4.74 Å². The van der Waals surface area contributed by atoms with Gasteiger partial charge in [-0.1, -0.05) is 77.3 Å². The number of carbonyl (C=O) groups excluding carboxylic acids is 1. The van der Waals surface area contributed by atoms with Crippen molar-refractivity contribution < 1.29 is 9.53 Å². The van der Waals surface area contributed by atoms with Gasteiger partial charge in [-0.05, 0) is 36.7 Å². The third-order valence-corrected chi connectivity index (χ3v) is 4.81. The average molecular weight is 319 g/mol. The SMILES string of the molecule is CCCCC(CC)COC(=O)C(C)CC(CC)c1ccccc1. The van der Waals surface area contributed by atoms with Gasteiger partial charge >= 0.3 is 5.97 Å². The molecular weight excluding hydrogens is 284 g/mol. The van der Waals surface area contributed by atoms with E-state index in [4.69, 9.17) is 4.74 Å². The van der Waals surface area contributed by atoms with Crippen LogP contribution in [0.1, 0.15) is 77.7 Å². The van der Waals surface area contributed by atoms with E-state index in [9.17, 15) is 4.79 Å². The van der Waals surface area contributed by atoms with E-state index in [-0.39, 0.29) is 11.9 Å². The fraction of sp³-hybridized carbons (Fsp3) is 0.667. The van der Waals surface area contributed by atoms with Crippen molar-refractivity contribution in [3.8, 4) is 0 Å². The summed E-state index contributed by atoms with van der Waals surface area (Å²) in [6.07, 6.45) is 6.59. The van der Waals surface area contributed by atoms with Crippen molar-refractivity contribution in [2.24, 2.45) is 11.8 Å². The van der Waals surface area contributed by atoms with Crippen LogP contribution in [0.2, 0.25) is 0 Å². The third kappa shape index (κ3) is 7.20. The zero-order valence-electron chi connectivity index (χ0n) is 15.4. The molecule has 0 aliphatic rings. The molecule has 2 nitrogen and oxygen atoms in total. The Morgan fingerprint density at radius 1 is 1.09 bits per heavy atom. The number of esters is 1. The number of rotatable bonds is 11. The molecule has 0 aliphatic heterocycles. The van der Waals surface area contributed by atoms with Crippen molar-refractivity contribution in [3.63, 3.8) is 0 Å². The molecule has 0 heterocycles. The van der Waals surface area contributed by atoms with Crippen molar-refractivity contribution >= 4 is 5.97 Å². The fourth-order valence-corrected chi connectivity index (χ4v) is 3.03. The zero-order valence-corrected chi connectivity index (χ0v) is 15.4. The number of carbonyl (C=O) groups is 1. The molecule has 0 saturated heterocycles. The van der Waals surface area contributed by atoms with Gasteiger partial charge in [0.05, 0.1) is 12.5 Å². The molecule has 0 saturated carbocycles. The van der Waals surface area contributed by atoms with Crippen LogP contribution >= 0.6 is 0 Å². The summed E-state index contributed by atoms with van der Waals surface area (Å²) in [6.45, 7) is 9.16. The van der Waals surface area contributed by atoms with Gasteiger partial charge in [0.15, 0.2) is 0 Å². The first-order valence-electron chi connectivity index (χ1n) is 9.33. The first-order valence-corrected chi connectivity index (χ1v) is 9.33. The largest absolute Gasteiger partial charge is 0.465 e. The number of benzene rings is 1.